The molecule has 0 bridgehead atoms. The molecule has 2 aromatic heterocycles. The molecule has 0 amide bonds. The van der Waals surface area contributed by atoms with Crippen molar-refractivity contribution in [3.8, 4) is 0 Å². The Balaban J connectivity index is 2.21. The van der Waals surface area contributed by atoms with Gasteiger partial charge in [0.1, 0.15) is 0 Å². The van der Waals surface area contributed by atoms with Crippen molar-refractivity contribution in [1.29, 1.82) is 0 Å². The summed E-state index contributed by atoms with van der Waals surface area (Å²) in [6, 6.07) is 1.97. The summed E-state index contributed by atoms with van der Waals surface area (Å²) in [5.41, 5.74) is 7.04. The molecule has 0 fully saturated rings. The van der Waals surface area contributed by atoms with E-state index in [0.717, 1.165) is 20.7 Å². The van der Waals surface area contributed by atoms with Crippen LogP contribution < -0.4 is 5.73 Å². The molecule has 19 heavy (non-hydrogen) atoms. The standard InChI is InChI=1S/C14H22N2OSSi/c1-14(2,3)19(4,5)17-9-12-13(15)10-6-7-16-8-11(10)18-12/h6-8H,9,15H2,1-5H3. The Morgan fingerprint density at radius 2 is 2.05 bits per heavy atom. The molecule has 0 atom stereocenters. The van der Waals surface area contributed by atoms with E-state index in [1.165, 1.54) is 0 Å². The quantitative estimate of drug-likeness (QED) is 0.853. The number of nitrogens with zero attached hydrogens (tertiary/aromatic N) is 1. The zero-order valence-electron chi connectivity index (χ0n) is 12.3. The van der Waals surface area contributed by atoms with Crippen molar-refractivity contribution in [1.82, 2.24) is 4.98 Å². The van der Waals surface area contributed by atoms with Crippen molar-refractivity contribution in [2.45, 2.75) is 45.5 Å². The molecule has 0 aliphatic heterocycles. The third-order valence-corrected chi connectivity index (χ3v) is 9.59. The van der Waals surface area contributed by atoms with Crippen molar-refractivity contribution in [2.75, 3.05) is 5.73 Å². The van der Waals surface area contributed by atoms with E-state index in [-0.39, 0.29) is 5.04 Å². The molecule has 0 radical (unpaired) electrons. The van der Waals surface area contributed by atoms with Gasteiger partial charge in [0.05, 0.1) is 21.9 Å². The molecule has 0 spiro atoms. The lowest BCUT2D eigenvalue weighted by Crippen LogP contribution is -2.40. The first kappa shape index (κ1) is 14.5. The lowest BCUT2D eigenvalue weighted by atomic mass is 10.2. The van der Waals surface area contributed by atoms with Crippen LogP contribution in [0.25, 0.3) is 10.1 Å². The third-order valence-electron chi connectivity index (χ3n) is 3.98. The fourth-order valence-corrected chi connectivity index (χ4v) is 3.64. The van der Waals surface area contributed by atoms with Gasteiger partial charge in [-0.1, -0.05) is 20.8 Å². The summed E-state index contributed by atoms with van der Waals surface area (Å²) in [6.07, 6.45) is 3.65. The second-order valence-corrected chi connectivity index (χ2v) is 12.3. The molecule has 0 saturated heterocycles. The van der Waals surface area contributed by atoms with E-state index in [0.29, 0.717) is 6.61 Å². The molecule has 2 aromatic rings. The molecule has 0 saturated carbocycles. The largest absolute Gasteiger partial charge is 0.412 e. The first-order valence-corrected chi connectivity index (χ1v) is 10.2. The summed E-state index contributed by atoms with van der Waals surface area (Å²) in [5, 5.41) is 1.31. The van der Waals surface area contributed by atoms with E-state index in [1.54, 1.807) is 17.5 Å². The maximum atomic E-state index is 6.24. The van der Waals surface area contributed by atoms with Crippen LogP contribution in [0.2, 0.25) is 18.1 Å². The van der Waals surface area contributed by atoms with E-state index in [9.17, 15) is 0 Å². The van der Waals surface area contributed by atoms with E-state index in [1.807, 2.05) is 12.3 Å². The van der Waals surface area contributed by atoms with E-state index in [4.69, 9.17) is 10.2 Å². The summed E-state index contributed by atoms with van der Waals surface area (Å²) < 4.78 is 7.37. The van der Waals surface area contributed by atoms with Crippen LogP contribution in [0.1, 0.15) is 25.6 Å². The molecular weight excluding hydrogens is 272 g/mol. The van der Waals surface area contributed by atoms with Gasteiger partial charge in [-0.05, 0) is 24.2 Å². The van der Waals surface area contributed by atoms with Gasteiger partial charge in [-0.3, -0.25) is 4.98 Å². The first-order valence-electron chi connectivity index (χ1n) is 6.47. The summed E-state index contributed by atoms with van der Waals surface area (Å²) in [5.74, 6) is 0. The average molecular weight is 294 g/mol. The Kier molecular flexibility index (Phi) is 3.73. The highest BCUT2D eigenvalue weighted by Gasteiger charge is 2.37. The van der Waals surface area contributed by atoms with Crippen LogP contribution in [0, 0.1) is 0 Å². The number of pyridine rings is 1. The maximum absolute atomic E-state index is 6.24. The van der Waals surface area contributed by atoms with Gasteiger partial charge in [-0.2, -0.15) is 0 Å². The molecule has 0 aliphatic rings. The van der Waals surface area contributed by atoms with Crippen molar-refractivity contribution in [3.63, 3.8) is 0 Å². The van der Waals surface area contributed by atoms with Crippen molar-refractivity contribution in [3.05, 3.63) is 23.3 Å². The van der Waals surface area contributed by atoms with Crippen molar-refractivity contribution < 1.29 is 4.43 Å². The van der Waals surface area contributed by atoms with Crippen molar-refractivity contribution >= 4 is 35.4 Å². The number of hydrogen-bond acceptors (Lipinski definition) is 4. The van der Waals surface area contributed by atoms with Gasteiger partial charge in [-0.15, -0.1) is 11.3 Å². The molecule has 0 unspecified atom stereocenters. The molecule has 2 N–H and O–H groups in total. The van der Waals surface area contributed by atoms with Crippen molar-refractivity contribution in [2.24, 2.45) is 0 Å². The smallest absolute Gasteiger partial charge is 0.192 e. The second-order valence-electron chi connectivity index (χ2n) is 6.36. The van der Waals surface area contributed by atoms with Crippen LogP contribution in [-0.2, 0) is 11.0 Å². The first-order chi connectivity index (χ1) is 8.72. The molecule has 3 nitrogen and oxygen atoms in total. The van der Waals surface area contributed by atoms with E-state index >= 15 is 0 Å². The Labute approximate surface area is 119 Å². The summed E-state index contributed by atoms with van der Waals surface area (Å²) in [6.45, 7) is 11.9. The predicted molar refractivity (Wildman–Crippen MR) is 86.0 cm³/mol. The minimum Gasteiger partial charge on any atom is -0.412 e. The van der Waals surface area contributed by atoms with Crippen LogP contribution >= 0.6 is 11.3 Å². The Bertz CT molecular complexity index is 587. The number of fused-ring (bicyclic) bond motifs is 1. The van der Waals surface area contributed by atoms with Gasteiger partial charge in [-0.25, -0.2) is 0 Å². The number of nitrogen functional groups attached to an aromatic ring is 1. The van der Waals surface area contributed by atoms with Crippen LogP contribution in [0.5, 0.6) is 0 Å². The summed E-state index contributed by atoms with van der Waals surface area (Å²) >= 11 is 1.68. The van der Waals surface area contributed by atoms with Gasteiger partial charge in [0.25, 0.3) is 0 Å². The molecule has 0 aliphatic carbocycles. The number of rotatable bonds is 3. The zero-order chi connectivity index (χ0) is 14.3. The van der Waals surface area contributed by atoms with Gasteiger partial charge in [0, 0.05) is 17.8 Å². The Morgan fingerprint density at radius 1 is 1.37 bits per heavy atom. The zero-order valence-corrected chi connectivity index (χ0v) is 14.1. The SMILES string of the molecule is CC(C)(C)[Si](C)(C)OCc1sc2cnccc2c1N. The maximum Gasteiger partial charge on any atom is 0.192 e. The minimum absolute atomic E-state index is 0.222. The Hall–Kier alpha value is -0.913. The number of nitrogens with two attached hydrogens (primary N) is 1. The van der Waals surface area contributed by atoms with Gasteiger partial charge < -0.3 is 10.2 Å². The van der Waals surface area contributed by atoms with Crippen LogP contribution in [-0.4, -0.2) is 13.3 Å². The monoisotopic (exact) mass is 294 g/mol. The Morgan fingerprint density at radius 3 is 2.63 bits per heavy atom. The number of hydrogen-bond donors (Lipinski definition) is 1. The molecule has 5 heteroatoms. The van der Waals surface area contributed by atoms with Gasteiger partial charge >= 0.3 is 0 Å². The summed E-state index contributed by atoms with van der Waals surface area (Å²) in [7, 11) is -1.72. The predicted octanol–water partition coefficient (Wildman–Crippen LogP) is 4.40. The fraction of sp³-hybridized carbons (Fsp3) is 0.500. The summed E-state index contributed by atoms with van der Waals surface area (Å²) in [4.78, 5) is 5.26. The minimum atomic E-state index is -1.72. The molecular formula is C14H22N2OSSi. The van der Waals surface area contributed by atoms with Crippen LogP contribution in [0.15, 0.2) is 18.5 Å². The number of aromatic nitrogens is 1. The highest BCUT2D eigenvalue weighted by atomic mass is 32.1. The lowest BCUT2D eigenvalue weighted by molar-refractivity contribution is 0.280. The third kappa shape index (κ3) is 2.83. The normalized spacial score (nSPS) is 13.1. The number of thiophene rings is 1. The average Bonchev–Trinajstić information content (AvgIpc) is 2.63. The van der Waals surface area contributed by atoms with Gasteiger partial charge in [0.2, 0.25) is 0 Å². The lowest BCUT2D eigenvalue weighted by Gasteiger charge is -2.36. The fourth-order valence-electron chi connectivity index (χ4n) is 1.59. The van der Waals surface area contributed by atoms with E-state index < -0.39 is 8.32 Å². The topological polar surface area (TPSA) is 48.1 Å². The highest BCUT2D eigenvalue weighted by Crippen LogP contribution is 2.39. The number of anilines is 1. The van der Waals surface area contributed by atoms with E-state index in [2.05, 4.69) is 38.8 Å². The molecule has 104 valence electrons. The second kappa shape index (κ2) is 4.88. The molecule has 0 aromatic carbocycles. The van der Waals surface area contributed by atoms with Crippen LogP contribution in [0.3, 0.4) is 0 Å². The van der Waals surface area contributed by atoms with Gasteiger partial charge in [0.15, 0.2) is 8.32 Å². The highest BCUT2D eigenvalue weighted by molar-refractivity contribution is 7.19. The molecule has 2 rings (SSSR count). The van der Waals surface area contributed by atoms with Crippen LogP contribution in [0.4, 0.5) is 5.69 Å². The molecule has 2 heterocycles.